The minimum absolute atomic E-state index is 0.0390. The topological polar surface area (TPSA) is 29.1 Å². The third-order valence-corrected chi connectivity index (χ3v) is 4.68. The highest BCUT2D eigenvalue weighted by atomic mass is 127. The summed E-state index contributed by atoms with van der Waals surface area (Å²) in [5, 5.41) is 3.61. The fraction of sp³-hybridized carbons (Fsp3) is 0.357. The first kappa shape index (κ1) is 13.9. The number of hydrogen-bond donors (Lipinski definition) is 1. The second-order valence-electron chi connectivity index (χ2n) is 4.49. The van der Waals surface area contributed by atoms with Gasteiger partial charge in [-0.25, -0.2) is 0 Å². The van der Waals surface area contributed by atoms with E-state index in [9.17, 15) is 4.79 Å². The van der Waals surface area contributed by atoms with Crippen molar-refractivity contribution in [3.05, 3.63) is 44.5 Å². The molecule has 0 heterocycles. The molecule has 0 fully saturated rings. The number of rotatable bonds is 3. The molecule has 0 saturated carbocycles. The Bertz CT molecular complexity index is 473. The zero-order valence-corrected chi connectivity index (χ0v) is 12.9. The molecule has 1 atom stereocenters. The summed E-state index contributed by atoms with van der Waals surface area (Å²) >= 11 is 8.16. The number of nitrogens with one attached hydrogen (secondary N) is 1. The molecule has 1 unspecified atom stereocenters. The highest BCUT2D eigenvalue weighted by molar-refractivity contribution is 14.1. The van der Waals surface area contributed by atoms with E-state index >= 15 is 0 Å². The summed E-state index contributed by atoms with van der Waals surface area (Å²) in [7, 11) is 0. The van der Waals surface area contributed by atoms with Crippen molar-refractivity contribution in [3.63, 3.8) is 0 Å². The van der Waals surface area contributed by atoms with Gasteiger partial charge in [0.25, 0.3) is 5.91 Å². The van der Waals surface area contributed by atoms with Gasteiger partial charge in [0.1, 0.15) is 0 Å². The molecule has 96 valence electrons. The lowest BCUT2D eigenvalue weighted by Crippen LogP contribution is -2.29. The van der Waals surface area contributed by atoms with E-state index < -0.39 is 0 Å². The third kappa shape index (κ3) is 3.72. The molecule has 1 aliphatic rings. The zero-order valence-electron chi connectivity index (χ0n) is 9.96. The first-order valence-corrected chi connectivity index (χ1v) is 7.50. The van der Waals surface area contributed by atoms with Gasteiger partial charge in [0.2, 0.25) is 0 Å². The van der Waals surface area contributed by atoms with E-state index in [0.717, 1.165) is 29.4 Å². The molecule has 0 spiro atoms. The first-order valence-electron chi connectivity index (χ1n) is 6.05. The fourth-order valence-corrected chi connectivity index (χ4v) is 2.53. The standard InChI is InChI=1S/C14H15ClINO/c15-12-8-11(6-7-13(12)16)14(18)17-9-10-4-2-1-3-5-10/h1-2,6-8,10H,3-5,9H2,(H,17,18). The molecular formula is C14H15ClINO. The van der Waals surface area contributed by atoms with Crippen molar-refractivity contribution in [3.8, 4) is 0 Å². The molecule has 1 amide bonds. The Balaban J connectivity index is 1.91. The Morgan fingerprint density at radius 2 is 2.28 bits per heavy atom. The summed E-state index contributed by atoms with van der Waals surface area (Å²) < 4.78 is 0.961. The monoisotopic (exact) mass is 375 g/mol. The number of carbonyl (C=O) groups is 1. The van der Waals surface area contributed by atoms with Crippen molar-refractivity contribution >= 4 is 40.1 Å². The predicted molar refractivity (Wildman–Crippen MR) is 83.0 cm³/mol. The van der Waals surface area contributed by atoms with Gasteiger partial charge in [-0.3, -0.25) is 4.79 Å². The van der Waals surface area contributed by atoms with Gasteiger partial charge in [0.05, 0.1) is 5.02 Å². The lowest BCUT2D eigenvalue weighted by molar-refractivity contribution is 0.0946. The molecule has 0 aliphatic heterocycles. The average molecular weight is 376 g/mol. The van der Waals surface area contributed by atoms with Crippen LogP contribution in [0.1, 0.15) is 29.6 Å². The molecule has 1 aromatic carbocycles. The van der Waals surface area contributed by atoms with E-state index in [1.165, 1.54) is 0 Å². The van der Waals surface area contributed by atoms with E-state index in [1.807, 2.05) is 12.1 Å². The number of halogens is 2. The van der Waals surface area contributed by atoms with Gasteiger partial charge in [0.15, 0.2) is 0 Å². The number of amides is 1. The van der Waals surface area contributed by atoms with Crippen molar-refractivity contribution in [1.29, 1.82) is 0 Å². The van der Waals surface area contributed by atoms with Gasteiger partial charge in [-0.2, -0.15) is 0 Å². The van der Waals surface area contributed by atoms with E-state index in [1.54, 1.807) is 6.07 Å². The summed E-state index contributed by atoms with van der Waals surface area (Å²) in [4.78, 5) is 12.0. The second-order valence-corrected chi connectivity index (χ2v) is 6.06. The molecule has 2 nitrogen and oxygen atoms in total. The summed E-state index contributed by atoms with van der Waals surface area (Å²) in [5.74, 6) is 0.529. The molecule has 0 radical (unpaired) electrons. The van der Waals surface area contributed by atoms with Crippen LogP contribution in [-0.2, 0) is 0 Å². The maximum absolute atomic E-state index is 12.0. The Labute approximate surface area is 126 Å². The van der Waals surface area contributed by atoms with Gasteiger partial charge in [-0.05, 0) is 66.0 Å². The van der Waals surface area contributed by atoms with Crippen LogP contribution in [0.4, 0.5) is 0 Å². The third-order valence-electron chi connectivity index (χ3n) is 3.11. The fourth-order valence-electron chi connectivity index (χ4n) is 2.02. The minimum atomic E-state index is -0.0390. The number of benzene rings is 1. The van der Waals surface area contributed by atoms with E-state index in [4.69, 9.17) is 11.6 Å². The summed E-state index contributed by atoms with van der Waals surface area (Å²) in [6.07, 6.45) is 7.74. The average Bonchev–Trinajstić information content (AvgIpc) is 2.40. The van der Waals surface area contributed by atoms with Crippen LogP contribution in [0.2, 0.25) is 5.02 Å². The van der Waals surface area contributed by atoms with Crippen LogP contribution in [-0.4, -0.2) is 12.5 Å². The Morgan fingerprint density at radius 3 is 2.94 bits per heavy atom. The van der Waals surface area contributed by atoms with Crippen molar-refractivity contribution in [2.24, 2.45) is 5.92 Å². The van der Waals surface area contributed by atoms with Crippen LogP contribution >= 0.6 is 34.2 Å². The maximum Gasteiger partial charge on any atom is 0.251 e. The van der Waals surface area contributed by atoms with Crippen LogP contribution in [0, 0.1) is 9.49 Å². The molecule has 4 heteroatoms. The highest BCUT2D eigenvalue weighted by Gasteiger charge is 2.12. The lowest BCUT2D eigenvalue weighted by Gasteiger charge is -2.18. The molecular weight excluding hydrogens is 361 g/mol. The largest absolute Gasteiger partial charge is 0.352 e. The minimum Gasteiger partial charge on any atom is -0.352 e. The number of hydrogen-bond acceptors (Lipinski definition) is 1. The summed E-state index contributed by atoms with van der Waals surface area (Å²) in [6, 6.07) is 5.39. The van der Waals surface area contributed by atoms with E-state index in [-0.39, 0.29) is 5.91 Å². The summed E-state index contributed by atoms with van der Waals surface area (Å²) in [6.45, 7) is 0.743. The van der Waals surface area contributed by atoms with Crippen molar-refractivity contribution < 1.29 is 4.79 Å². The smallest absolute Gasteiger partial charge is 0.251 e. The SMILES string of the molecule is O=C(NCC1CC=CCC1)c1ccc(I)c(Cl)c1. The molecule has 2 rings (SSSR count). The van der Waals surface area contributed by atoms with Crippen LogP contribution in [0.15, 0.2) is 30.4 Å². The van der Waals surface area contributed by atoms with Gasteiger partial charge in [-0.15, -0.1) is 0 Å². The molecule has 0 aromatic heterocycles. The predicted octanol–water partition coefficient (Wildman–Crippen LogP) is 4.03. The number of allylic oxidation sites excluding steroid dienone is 2. The molecule has 1 N–H and O–H groups in total. The van der Waals surface area contributed by atoms with Gasteiger partial charge >= 0.3 is 0 Å². The molecule has 1 aromatic rings. The maximum atomic E-state index is 12.0. The molecule has 18 heavy (non-hydrogen) atoms. The number of carbonyl (C=O) groups excluding carboxylic acids is 1. The molecule has 0 bridgehead atoms. The second kappa shape index (κ2) is 6.57. The Hall–Kier alpha value is -0.550. The van der Waals surface area contributed by atoms with Gasteiger partial charge in [0, 0.05) is 15.7 Å². The lowest BCUT2D eigenvalue weighted by atomic mass is 9.94. The van der Waals surface area contributed by atoms with Crippen LogP contribution in [0.25, 0.3) is 0 Å². The van der Waals surface area contributed by atoms with Crippen molar-refractivity contribution in [2.45, 2.75) is 19.3 Å². The van der Waals surface area contributed by atoms with Crippen molar-refractivity contribution in [2.75, 3.05) is 6.54 Å². The Kier molecular flexibility index (Phi) is 5.06. The van der Waals surface area contributed by atoms with E-state index in [2.05, 4.69) is 40.1 Å². The van der Waals surface area contributed by atoms with Crippen LogP contribution in [0.5, 0.6) is 0 Å². The highest BCUT2D eigenvalue weighted by Crippen LogP contribution is 2.20. The molecule has 0 saturated heterocycles. The normalized spacial score (nSPS) is 18.7. The molecule has 1 aliphatic carbocycles. The Morgan fingerprint density at radius 1 is 1.44 bits per heavy atom. The van der Waals surface area contributed by atoms with Crippen molar-refractivity contribution in [1.82, 2.24) is 5.32 Å². The van der Waals surface area contributed by atoms with E-state index in [0.29, 0.717) is 16.5 Å². The van der Waals surface area contributed by atoms with Gasteiger partial charge in [-0.1, -0.05) is 23.8 Å². The van der Waals surface area contributed by atoms with Crippen LogP contribution < -0.4 is 5.32 Å². The van der Waals surface area contributed by atoms with Crippen LogP contribution in [0.3, 0.4) is 0 Å². The zero-order chi connectivity index (χ0) is 13.0. The van der Waals surface area contributed by atoms with Gasteiger partial charge < -0.3 is 5.32 Å². The summed E-state index contributed by atoms with van der Waals surface area (Å²) in [5.41, 5.74) is 0.631. The first-order chi connectivity index (χ1) is 8.66. The quantitative estimate of drug-likeness (QED) is 0.627.